The van der Waals surface area contributed by atoms with Crippen molar-refractivity contribution in [2.45, 2.75) is 6.61 Å². The summed E-state index contributed by atoms with van der Waals surface area (Å²) in [5.41, 5.74) is 3.52. The molecule has 3 aromatic rings. The molecule has 0 unspecified atom stereocenters. The van der Waals surface area contributed by atoms with Gasteiger partial charge in [0, 0.05) is 30.2 Å². The standard InChI is InChI=1S/C16H15N3O2/c1-21-14-3-4-15(12-5-7-17-13(9-12)11-20)16(10-14)19-8-2-6-18-19/h2-10,20H,11H2,1H3. The molecule has 2 aromatic heterocycles. The number of aliphatic hydroxyl groups is 1. The van der Waals surface area contributed by atoms with Gasteiger partial charge in [0.1, 0.15) is 5.75 Å². The Kier molecular flexibility index (Phi) is 3.66. The summed E-state index contributed by atoms with van der Waals surface area (Å²) in [7, 11) is 1.64. The van der Waals surface area contributed by atoms with Gasteiger partial charge in [-0.25, -0.2) is 4.68 Å². The molecule has 0 atom stereocenters. The molecular formula is C16H15N3O2. The van der Waals surface area contributed by atoms with E-state index >= 15 is 0 Å². The second-order valence-electron chi connectivity index (χ2n) is 4.53. The maximum absolute atomic E-state index is 9.24. The van der Waals surface area contributed by atoms with E-state index in [1.54, 1.807) is 24.2 Å². The first kappa shape index (κ1) is 13.3. The van der Waals surface area contributed by atoms with E-state index in [1.165, 1.54) is 0 Å². The van der Waals surface area contributed by atoms with Gasteiger partial charge in [-0.05, 0) is 35.9 Å². The average Bonchev–Trinajstić information content (AvgIpc) is 3.08. The van der Waals surface area contributed by atoms with E-state index < -0.39 is 0 Å². The molecule has 0 aliphatic carbocycles. The molecule has 0 aliphatic heterocycles. The van der Waals surface area contributed by atoms with Gasteiger partial charge in [0.25, 0.3) is 0 Å². The highest BCUT2D eigenvalue weighted by Crippen LogP contribution is 2.30. The van der Waals surface area contributed by atoms with E-state index in [4.69, 9.17) is 4.74 Å². The van der Waals surface area contributed by atoms with E-state index in [-0.39, 0.29) is 6.61 Å². The number of aromatic nitrogens is 3. The Hall–Kier alpha value is -2.66. The predicted molar refractivity (Wildman–Crippen MR) is 79.3 cm³/mol. The van der Waals surface area contributed by atoms with E-state index in [1.807, 2.05) is 42.6 Å². The van der Waals surface area contributed by atoms with Crippen LogP contribution in [0.2, 0.25) is 0 Å². The minimum atomic E-state index is -0.0822. The Labute approximate surface area is 122 Å². The summed E-state index contributed by atoms with van der Waals surface area (Å²) in [4.78, 5) is 4.11. The Balaban J connectivity index is 2.17. The van der Waals surface area contributed by atoms with Gasteiger partial charge < -0.3 is 9.84 Å². The van der Waals surface area contributed by atoms with Gasteiger partial charge in [-0.15, -0.1) is 0 Å². The van der Waals surface area contributed by atoms with E-state index in [2.05, 4.69) is 10.1 Å². The third-order valence-corrected chi connectivity index (χ3v) is 3.25. The van der Waals surface area contributed by atoms with Crippen molar-refractivity contribution >= 4 is 0 Å². The Morgan fingerprint density at radius 3 is 2.81 bits per heavy atom. The third kappa shape index (κ3) is 2.64. The molecule has 0 radical (unpaired) electrons. The van der Waals surface area contributed by atoms with Gasteiger partial charge in [-0.2, -0.15) is 5.10 Å². The van der Waals surface area contributed by atoms with Crippen LogP contribution in [0.1, 0.15) is 5.69 Å². The Morgan fingerprint density at radius 1 is 1.19 bits per heavy atom. The first-order valence-corrected chi connectivity index (χ1v) is 6.56. The van der Waals surface area contributed by atoms with Crippen molar-refractivity contribution in [3.8, 4) is 22.6 Å². The van der Waals surface area contributed by atoms with Crippen molar-refractivity contribution in [2.75, 3.05) is 7.11 Å². The highest BCUT2D eigenvalue weighted by molar-refractivity contribution is 5.74. The van der Waals surface area contributed by atoms with Crippen LogP contribution in [0.3, 0.4) is 0 Å². The van der Waals surface area contributed by atoms with Crippen LogP contribution in [-0.4, -0.2) is 27.0 Å². The van der Waals surface area contributed by atoms with Crippen LogP contribution in [0.4, 0.5) is 0 Å². The van der Waals surface area contributed by atoms with Crippen molar-refractivity contribution < 1.29 is 9.84 Å². The molecule has 0 spiro atoms. The zero-order valence-corrected chi connectivity index (χ0v) is 11.6. The maximum Gasteiger partial charge on any atom is 0.121 e. The number of nitrogens with zero attached hydrogens (tertiary/aromatic N) is 3. The molecule has 5 nitrogen and oxygen atoms in total. The fourth-order valence-electron chi connectivity index (χ4n) is 2.22. The second-order valence-corrected chi connectivity index (χ2v) is 4.53. The van der Waals surface area contributed by atoms with Gasteiger partial charge >= 0.3 is 0 Å². The summed E-state index contributed by atoms with van der Waals surface area (Å²) in [6.45, 7) is -0.0822. The minimum absolute atomic E-state index is 0.0822. The van der Waals surface area contributed by atoms with Gasteiger partial charge in [0.2, 0.25) is 0 Å². The largest absolute Gasteiger partial charge is 0.497 e. The lowest BCUT2D eigenvalue weighted by Crippen LogP contribution is -1.99. The molecule has 0 aliphatic rings. The number of benzene rings is 1. The number of pyridine rings is 1. The van der Waals surface area contributed by atoms with Crippen molar-refractivity contribution in [3.05, 3.63) is 60.7 Å². The Morgan fingerprint density at radius 2 is 2.10 bits per heavy atom. The summed E-state index contributed by atoms with van der Waals surface area (Å²) in [6.07, 6.45) is 5.30. The summed E-state index contributed by atoms with van der Waals surface area (Å²) in [6, 6.07) is 11.5. The molecule has 0 saturated carbocycles. The molecule has 0 fully saturated rings. The molecule has 1 N–H and O–H groups in total. The number of rotatable bonds is 4. The molecule has 3 rings (SSSR count). The van der Waals surface area contributed by atoms with Crippen LogP contribution in [0.15, 0.2) is 55.0 Å². The molecule has 5 heteroatoms. The van der Waals surface area contributed by atoms with Crippen LogP contribution in [0, 0.1) is 0 Å². The highest BCUT2D eigenvalue weighted by atomic mass is 16.5. The number of aliphatic hydroxyl groups excluding tert-OH is 1. The smallest absolute Gasteiger partial charge is 0.121 e. The molecule has 2 heterocycles. The fourth-order valence-corrected chi connectivity index (χ4v) is 2.22. The van der Waals surface area contributed by atoms with Crippen molar-refractivity contribution in [2.24, 2.45) is 0 Å². The number of methoxy groups -OCH3 is 1. The van der Waals surface area contributed by atoms with Gasteiger partial charge in [0.05, 0.1) is 25.1 Å². The van der Waals surface area contributed by atoms with E-state index in [0.717, 1.165) is 22.6 Å². The summed E-state index contributed by atoms with van der Waals surface area (Å²) in [5, 5.41) is 13.5. The Bertz CT molecular complexity index is 739. The zero-order chi connectivity index (χ0) is 14.7. The first-order valence-electron chi connectivity index (χ1n) is 6.56. The minimum Gasteiger partial charge on any atom is -0.497 e. The quantitative estimate of drug-likeness (QED) is 0.798. The SMILES string of the molecule is COc1ccc(-c2ccnc(CO)c2)c(-n2cccn2)c1. The third-order valence-electron chi connectivity index (χ3n) is 3.25. The number of hydrogen-bond donors (Lipinski definition) is 1. The molecule has 0 bridgehead atoms. The van der Waals surface area contributed by atoms with Crippen LogP contribution < -0.4 is 4.74 Å². The summed E-state index contributed by atoms with van der Waals surface area (Å²) < 4.78 is 7.08. The lowest BCUT2D eigenvalue weighted by molar-refractivity contribution is 0.277. The predicted octanol–water partition coefficient (Wildman–Crippen LogP) is 2.44. The van der Waals surface area contributed by atoms with Crippen LogP contribution in [-0.2, 0) is 6.61 Å². The van der Waals surface area contributed by atoms with E-state index in [0.29, 0.717) is 5.69 Å². The van der Waals surface area contributed by atoms with Crippen molar-refractivity contribution in [1.82, 2.24) is 14.8 Å². The summed E-state index contributed by atoms with van der Waals surface area (Å²) in [5.74, 6) is 0.765. The average molecular weight is 281 g/mol. The van der Waals surface area contributed by atoms with Gasteiger partial charge in [-0.1, -0.05) is 0 Å². The maximum atomic E-state index is 9.24. The molecule has 21 heavy (non-hydrogen) atoms. The van der Waals surface area contributed by atoms with Gasteiger partial charge in [-0.3, -0.25) is 4.98 Å². The van der Waals surface area contributed by atoms with Crippen LogP contribution in [0.25, 0.3) is 16.8 Å². The molecule has 106 valence electrons. The fraction of sp³-hybridized carbons (Fsp3) is 0.125. The normalized spacial score (nSPS) is 10.6. The second kappa shape index (κ2) is 5.76. The van der Waals surface area contributed by atoms with Gasteiger partial charge in [0.15, 0.2) is 0 Å². The highest BCUT2D eigenvalue weighted by Gasteiger charge is 2.10. The molecular weight excluding hydrogens is 266 g/mol. The topological polar surface area (TPSA) is 60.2 Å². The van der Waals surface area contributed by atoms with E-state index in [9.17, 15) is 5.11 Å². The lowest BCUT2D eigenvalue weighted by atomic mass is 10.0. The molecule has 0 saturated heterocycles. The molecule has 0 amide bonds. The first-order chi connectivity index (χ1) is 10.3. The van der Waals surface area contributed by atoms with Crippen molar-refractivity contribution in [3.63, 3.8) is 0 Å². The zero-order valence-electron chi connectivity index (χ0n) is 11.6. The lowest BCUT2D eigenvalue weighted by Gasteiger charge is -2.12. The summed E-state index contributed by atoms with van der Waals surface area (Å²) >= 11 is 0. The van der Waals surface area contributed by atoms with Crippen LogP contribution >= 0.6 is 0 Å². The molecule has 1 aromatic carbocycles. The van der Waals surface area contributed by atoms with Crippen LogP contribution in [0.5, 0.6) is 5.75 Å². The monoisotopic (exact) mass is 281 g/mol. The number of ether oxygens (including phenoxy) is 1. The van der Waals surface area contributed by atoms with Crippen molar-refractivity contribution in [1.29, 1.82) is 0 Å². The number of hydrogen-bond acceptors (Lipinski definition) is 4.